The molecule has 11 heavy (non-hydrogen) atoms. The molecule has 0 saturated heterocycles. The largest absolute Gasteiger partial charge is 0.508 e. The summed E-state index contributed by atoms with van der Waals surface area (Å²) in [5.41, 5.74) is 5.34. The van der Waals surface area contributed by atoms with Gasteiger partial charge in [0.25, 0.3) is 0 Å². The van der Waals surface area contributed by atoms with Gasteiger partial charge in [0.15, 0.2) is 0 Å². The highest BCUT2D eigenvalue weighted by molar-refractivity contribution is 7.99. The Morgan fingerprint density at radius 2 is 1.91 bits per heavy atom. The first kappa shape index (κ1) is 8.43. The molecule has 0 heterocycles. The van der Waals surface area contributed by atoms with E-state index >= 15 is 0 Å². The van der Waals surface area contributed by atoms with Gasteiger partial charge >= 0.3 is 0 Å². The summed E-state index contributed by atoms with van der Waals surface area (Å²) in [6.07, 6.45) is 0. The van der Waals surface area contributed by atoms with Crippen molar-refractivity contribution in [3.05, 3.63) is 24.3 Å². The van der Waals surface area contributed by atoms with Crippen LogP contribution in [0.15, 0.2) is 29.2 Å². The minimum Gasteiger partial charge on any atom is -0.508 e. The molecule has 0 aliphatic rings. The third kappa shape index (κ3) is 2.82. The van der Waals surface area contributed by atoms with Crippen LogP contribution in [0.3, 0.4) is 0 Å². The second-order valence-electron chi connectivity index (χ2n) is 2.13. The molecular formula is C8H11NOS. The van der Waals surface area contributed by atoms with Crippen LogP contribution in [0.4, 0.5) is 0 Å². The van der Waals surface area contributed by atoms with Crippen LogP contribution in [0.2, 0.25) is 0 Å². The molecule has 0 aromatic heterocycles. The van der Waals surface area contributed by atoms with Crippen molar-refractivity contribution in [2.45, 2.75) is 4.90 Å². The normalized spacial score (nSPS) is 9.91. The third-order valence-corrected chi connectivity index (χ3v) is 2.27. The van der Waals surface area contributed by atoms with Gasteiger partial charge in [-0.15, -0.1) is 11.8 Å². The van der Waals surface area contributed by atoms with Crippen LogP contribution in [0.1, 0.15) is 0 Å². The van der Waals surface area contributed by atoms with Crippen molar-refractivity contribution in [3.8, 4) is 5.75 Å². The lowest BCUT2D eigenvalue weighted by atomic mass is 10.3. The molecule has 3 N–H and O–H groups in total. The Morgan fingerprint density at radius 1 is 1.27 bits per heavy atom. The van der Waals surface area contributed by atoms with E-state index in [-0.39, 0.29) is 0 Å². The molecule has 0 radical (unpaired) electrons. The minimum absolute atomic E-state index is 0.307. The Morgan fingerprint density at radius 3 is 2.45 bits per heavy atom. The van der Waals surface area contributed by atoms with E-state index in [2.05, 4.69) is 0 Å². The van der Waals surface area contributed by atoms with Gasteiger partial charge in [-0.2, -0.15) is 0 Å². The van der Waals surface area contributed by atoms with Gasteiger partial charge in [0, 0.05) is 17.2 Å². The Hall–Kier alpha value is -0.670. The molecule has 0 fully saturated rings. The predicted molar refractivity (Wildman–Crippen MR) is 47.9 cm³/mol. The van der Waals surface area contributed by atoms with E-state index in [9.17, 15) is 0 Å². The molecule has 0 atom stereocenters. The summed E-state index contributed by atoms with van der Waals surface area (Å²) in [6.45, 7) is 0.686. The predicted octanol–water partition coefficient (Wildman–Crippen LogP) is 1.44. The van der Waals surface area contributed by atoms with Crippen LogP contribution < -0.4 is 5.73 Å². The van der Waals surface area contributed by atoms with Crippen molar-refractivity contribution < 1.29 is 5.11 Å². The van der Waals surface area contributed by atoms with E-state index in [1.54, 1.807) is 23.9 Å². The fourth-order valence-electron chi connectivity index (χ4n) is 0.719. The van der Waals surface area contributed by atoms with Crippen LogP contribution in [-0.2, 0) is 0 Å². The average Bonchev–Trinajstić information content (AvgIpc) is 2.04. The summed E-state index contributed by atoms with van der Waals surface area (Å²) in [5, 5.41) is 8.95. The summed E-state index contributed by atoms with van der Waals surface area (Å²) in [5.74, 6) is 1.23. The molecule has 0 spiro atoms. The maximum atomic E-state index is 8.95. The number of aromatic hydroxyl groups is 1. The van der Waals surface area contributed by atoms with Gasteiger partial charge in [0.1, 0.15) is 5.75 Å². The zero-order chi connectivity index (χ0) is 8.10. The Bertz CT molecular complexity index is 210. The maximum absolute atomic E-state index is 8.95. The van der Waals surface area contributed by atoms with E-state index in [1.807, 2.05) is 12.1 Å². The fourth-order valence-corrected chi connectivity index (χ4v) is 1.40. The number of phenols is 1. The lowest BCUT2D eigenvalue weighted by molar-refractivity contribution is 0.475. The zero-order valence-electron chi connectivity index (χ0n) is 6.16. The van der Waals surface area contributed by atoms with Gasteiger partial charge in [-0.3, -0.25) is 0 Å². The van der Waals surface area contributed by atoms with Crippen molar-refractivity contribution in [3.63, 3.8) is 0 Å². The topological polar surface area (TPSA) is 46.2 Å². The summed E-state index contributed by atoms with van der Waals surface area (Å²) >= 11 is 1.69. The summed E-state index contributed by atoms with van der Waals surface area (Å²) < 4.78 is 0. The van der Waals surface area contributed by atoms with Gasteiger partial charge in [0.2, 0.25) is 0 Å². The zero-order valence-corrected chi connectivity index (χ0v) is 6.97. The van der Waals surface area contributed by atoms with Crippen molar-refractivity contribution in [1.82, 2.24) is 0 Å². The number of hydrogen-bond donors (Lipinski definition) is 2. The van der Waals surface area contributed by atoms with E-state index in [4.69, 9.17) is 10.8 Å². The number of thioether (sulfide) groups is 1. The molecule has 0 saturated carbocycles. The molecular weight excluding hydrogens is 158 g/mol. The van der Waals surface area contributed by atoms with Crippen LogP contribution in [0.25, 0.3) is 0 Å². The highest BCUT2D eigenvalue weighted by atomic mass is 32.2. The van der Waals surface area contributed by atoms with Crippen molar-refractivity contribution >= 4 is 11.8 Å². The van der Waals surface area contributed by atoms with E-state index in [0.717, 1.165) is 10.6 Å². The first-order valence-corrected chi connectivity index (χ1v) is 4.43. The number of benzene rings is 1. The fraction of sp³-hybridized carbons (Fsp3) is 0.250. The van der Waals surface area contributed by atoms with Crippen molar-refractivity contribution in [2.75, 3.05) is 12.3 Å². The first-order chi connectivity index (χ1) is 5.33. The maximum Gasteiger partial charge on any atom is 0.115 e. The molecule has 0 aliphatic heterocycles. The lowest BCUT2D eigenvalue weighted by Gasteiger charge is -1.98. The molecule has 2 nitrogen and oxygen atoms in total. The highest BCUT2D eigenvalue weighted by Gasteiger charge is 1.91. The Balaban J connectivity index is 2.52. The molecule has 0 aliphatic carbocycles. The lowest BCUT2D eigenvalue weighted by Crippen LogP contribution is -2.00. The second-order valence-corrected chi connectivity index (χ2v) is 3.30. The van der Waals surface area contributed by atoms with Gasteiger partial charge in [-0.25, -0.2) is 0 Å². The third-order valence-electron chi connectivity index (χ3n) is 1.22. The molecule has 60 valence electrons. The number of phenolic OH excluding ortho intramolecular Hbond substituents is 1. The highest BCUT2D eigenvalue weighted by Crippen LogP contribution is 2.19. The van der Waals surface area contributed by atoms with Gasteiger partial charge < -0.3 is 10.8 Å². The van der Waals surface area contributed by atoms with Gasteiger partial charge in [-0.1, -0.05) is 0 Å². The smallest absolute Gasteiger partial charge is 0.115 e. The Labute approximate surface area is 70.4 Å². The monoisotopic (exact) mass is 169 g/mol. The summed E-state index contributed by atoms with van der Waals surface area (Å²) in [6, 6.07) is 7.13. The molecule has 1 rings (SSSR count). The number of rotatable bonds is 3. The molecule has 0 unspecified atom stereocenters. The number of hydrogen-bond acceptors (Lipinski definition) is 3. The first-order valence-electron chi connectivity index (χ1n) is 3.45. The molecule has 1 aromatic carbocycles. The quantitative estimate of drug-likeness (QED) is 0.673. The molecule has 1 aromatic rings. The summed E-state index contributed by atoms with van der Waals surface area (Å²) in [7, 11) is 0. The van der Waals surface area contributed by atoms with Crippen molar-refractivity contribution in [2.24, 2.45) is 5.73 Å². The van der Waals surface area contributed by atoms with E-state index in [1.165, 1.54) is 0 Å². The average molecular weight is 169 g/mol. The number of nitrogens with two attached hydrogens (primary N) is 1. The minimum atomic E-state index is 0.307. The SMILES string of the molecule is NCCSc1ccc(O)cc1. The Kier molecular flexibility index (Phi) is 3.26. The summed E-state index contributed by atoms with van der Waals surface area (Å²) in [4.78, 5) is 1.15. The van der Waals surface area contributed by atoms with Crippen LogP contribution in [0.5, 0.6) is 5.75 Å². The second kappa shape index (κ2) is 4.26. The van der Waals surface area contributed by atoms with Gasteiger partial charge in [-0.05, 0) is 24.3 Å². The van der Waals surface area contributed by atoms with Crippen LogP contribution in [0, 0.1) is 0 Å². The molecule has 0 bridgehead atoms. The van der Waals surface area contributed by atoms with E-state index in [0.29, 0.717) is 12.3 Å². The van der Waals surface area contributed by atoms with Crippen molar-refractivity contribution in [1.29, 1.82) is 0 Å². The van der Waals surface area contributed by atoms with Crippen LogP contribution >= 0.6 is 11.8 Å². The van der Waals surface area contributed by atoms with Crippen LogP contribution in [-0.4, -0.2) is 17.4 Å². The standard InChI is InChI=1S/C8H11NOS/c9-5-6-11-8-3-1-7(10)2-4-8/h1-4,10H,5-6,9H2. The van der Waals surface area contributed by atoms with Gasteiger partial charge in [0.05, 0.1) is 0 Å². The van der Waals surface area contributed by atoms with E-state index < -0.39 is 0 Å². The molecule has 3 heteroatoms. The molecule has 0 amide bonds.